The van der Waals surface area contributed by atoms with Crippen LogP contribution in [0.25, 0.3) is 10.9 Å². The maximum atomic E-state index is 12.3. The second-order valence-electron chi connectivity index (χ2n) is 6.49. The minimum Gasteiger partial charge on any atom is -0.372 e. The number of azo groups is 1. The molecule has 3 rings (SSSR count). The zero-order valence-electron chi connectivity index (χ0n) is 17.8. The minimum absolute atomic E-state index is 0.0929. The standard InChI is InChI=1S/C23H22N6O3/c1-5-28(6-2)20-14-12-19(13-15-20)26-25-18-10-8-17(9-11-18)16-21-22(24-4)27-29(23(21)30)32-31-7-3/h7-16H,3,5-6H2,1-2H3/b21-16-,26-25?. The molecule has 162 valence electrons. The molecule has 32 heavy (non-hydrogen) atoms. The van der Waals surface area contributed by atoms with Crippen LogP contribution in [0.5, 0.6) is 0 Å². The van der Waals surface area contributed by atoms with E-state index in [0.29, 0.717) is 16.4 Å². The van der Waals surface area contributed by atoms with Crippen LogP contribution in [0.4, 0.5) is 17.1 Å². The number of amidine groups is 1. The molecule has 0 N–H and O–H groups in total. The Hall–Kier alpha value is -4.29. The highest BCUT2D eigenvalue weighted by Gasteiger charge is 2.35. The van der Waals surface area contributed by atoms with Gasteiger partial charge in [0.2, 0.25) is 0 Å². The van der Waals surface area contributed by atoms with E-state index in [1.54, 1.807) is 30.3 Å². The van der Waals surface area contributed by atoms with E-state index in [2.05, 4.69) is 55.4 Å². The van der Waals surface area contributed by atoms with Gasteiger partial charge in [-0.3, -0.25) is 4.79 Å². The molecule has 0 atom stereocenters. The van der Waals surface area contributed by atoms with Crippen molar-refractivity contribution in [3.63, 3.8) is 0 Å². The summed E-state index contributed by atoms with van der Waals surface area (Å²) in [6.45, 7) is 16.7. The molecule has 0 fully saturated rings. The van der Waals surface area contributed by atoms with Crippen molar-refractivity contribution in [2.45, 2.75) is 13.8 Å². The molecule has 1 aliphatic rings. The molecule has 1 amide bonds. The number of anilines is 1. The van der Waals surface area contributed by atoms with Crippen molar-refractivity contribution >= 4 is 34.9 Å². The first kappa shape index (κ1) is 22.4. The third-order valence-electron chi connectivity index (χ3n) is 4.58. The maximum Gasteiger partial charge on any atom is 0.316 e. The van der Waals surface area contributed by atoms with Gasteiger partial charge in [-0.1, -0.05) is 31.4 Å². The molecule has 0 spiro atoms. The third kappa shape index (κ3) is 5.24. The van der Waals surface area contributed by atoms with Gasteiger partial charge in [-0.25, -0.2) is 0 Å². The molecule has 9 nitrogen and oxygen atoms in total. The topological polar surface area (TPSA) is 83.4 Å². The number of hydrogen-bond donors (Lipinski definition) is 0. The van der Waals surface area contributed by atoms with Gasteiger partial charge in [0.15, 0.2) is 0 Å². The summed E-state index contributed by atoms with van der Waals surface area (Å²) in [5, 5.41) is 12.9. The lowest BCUT2D eigenvalue weighted by molar-refractivity contribution is -0.378. The number of nitrogens with zero attached hydrogens (tertiary/aromatic N) is 6. The van der Waals surface area contributed by atoms with E-state index in [-0.39, 0.29) is 11.4 Å². The molecule has 0 bridgehead atoms. The number of hydrazone groups is 1. The molecule has 0 aromatic heterocycles. The monoisotopic (exact) mass is 430 g/mol. The minimum atomic E-state index is -0.616. The molecule has 0 aliphatic carbocycles. The van der Waals surface area contributed by atoms with E-state index in [0.717, 1.165) is 30.7 Å². The Labute approximate surface area is 186 Å². The molecule has 0 saturated heterocycles. The Kier molecular flexibility index (Phi) is 7.46. The highest BCUT2D eigenvalue weighted by atomic mass is 17.3. The van der Waals surface area contributed by atoms with Crippen molar-refractivity contribution in [1.29, 1.82) is 0 Å². The molecule has 0 radical (unpaired) electrons. The van der Waals surface area contributed by atoms with E-state index < -0.39 is 5.91 Å². The Morgan fingerprint density at radius 3 is 2.22 bits per heavy atom. The van der Waals surface area contributed by atoms with Crippen LogP contribution in [0.1, 0.15) is 19.4 Å². The smallest absolute Gasteiger partial charge is 0.316 e. The van der Waals surface area contributed by atoms with Crippen LogP contribution in [0.2, 0.25) is 0 Å². The SMILES string of the molecule is [C-]#[N+]C1=NN(OOC=C)C(=O)/C1=C\c1ccc(N=Nc2ccc(N(CC)CC)cc2)cc1. The van der Waals surface area contributed by atoms with Gasteiger partial charge in [-0.05, 0) is 60.8 Å². The highest BCUT2D eigenvalue weighted by molar-refractivity contribution is 6.29. The number of rotatable bonds is 9. The Morgan fingerprint density at radius 1 is 1.09 bits per heavy atom. The summed E-state index contributed by atoms with van der Waals surface area (Å²) in [6.07, 6.45) is 2.54. The Bertz CT molecular complexity index is 1090. The molecule has 1 aliphatic heterocycles. The predicted octanol–water partition coefficient (Wildman–Crippen LogP) is 5.41. The second kappa shape index (κ2) is 10.7. The number of amides is 1. The summed E-state index contributed by atoms with van der Waals surface area (Å²) >= 11 is 0. The van der Waals surface area contributed by atoms with Gasteiger partial charge in [-0.15, -0.1) is 0 Å². The summed E-state index contributed by atoms with van der Waals surface area (Å²) in [4.78, 5) is 27.0. The van der Waals surface area contributed by atoms with Gasteiger partial charge < -0.3 is 14.6 Å². The highest BCUT2D eigenvalue weighted by Crippen LogP contribution is 2.24. The quantitative estimate of drug-likeness (QED) is 0.133. The fourth-order valence-corrected chi connectivity index (χ4v) is 2.95. The number of carbonyl (C=O) groups is 1. The van der Waals surface area contributed by atoms with Gasteiger partial charge in [0, 0.05) is 29.1 Å². The zero-order valence-corrected chi connectivity index (χ0v) is 17.8. The van der Waals surface area contributed by atoms with Gasteiger partial charge in [0.1, 0.15) is 6.26 Å². The average Bonchev–Trinajstić information content (AvgIpc) is 3.13. The summed E-state index contributed by atoms with van der Waals surface area (Å²) in [7, 11) is 0. The summed E-state index contributed by atoms with van der Waals surface area (Å²) < 4.78 is 0. The number of hydroxylamine groups is 1. The van der Waals surface area contributed by atoms with Crippen LogP contribution >= 0.6 is 0 Å². The molecule has 2 aromatic carbocycles. The lowest BCUT2D eigenvalue weighted by Gasteiger charge is -2.20. The van der Waals surface area contributed by atoms with Crippen molar-refractivity contribution in [2.75, 3.05) is 18.0 Å². The number of hydrogen-bond acceptors (Lipinski definition) is 7. The zero-order chi connectivity index (χ0) is 22.9. The van der Waals surface area contributed by atoms with E-state index in [4.69, 9.17) is 6.57 Å². The summed E-state index contributed by atoms with van der Waals surface area (Å²) in [6, 6.07) is 15.0. The molecular weight excluding hydrogens is 408 g/mol. The van der Waals surface area contributed by atoms with Crippen LogP contribution in [0.15, 0.2) is 82.3 Å². The molecule has 0 saturated carbocycles. The fraction of sp³-hybridized carbons (Fsp3) is 0.174. The van der Waals surface area contributed by atoms with Crippen molar-refractivity contribution in [1.82, 2.24) is 5.17 Å². The lowest BCUT2D eigenvalue weighted by Crippen LogP contribution is -2.21. The van der Waals surface area contributed by atoms with Gasteiger partial charge in [0.05, 0.1) is 16.9 Å². The molecule has 1 heterocycles. The average molecular weight is 430 g/mol. The van der Waals surface area contributed by atoms with Crippen LogP contribution in [-0.4, -0.2) is 30.0 Å². The van der Waals surface area contributed by atoms with Crippen LogP contribution in [0.3, 0.4) is 0 Å². The first-order chi connectivity index (χ1) is 15.6. The Morgan fingerprint density at radius 2 is 1.69 bits per heavy atom. The maximum absolute atomic E-state index is 12.3. The van der Waals surface area contributed by atoms with Gasteiger partial charge >= 0.3 is 11.7 Å². The molecule has 0 unspecified atom stereocenters. The van der Waals surface area contributed by atoms with Crippen molar-refractivity contribution < 1.29 is 14.7 Å². The summed E-state index contributed by atoms with van der Waals surface area (Å²) in [5.41, 5.74) is 3.34. The van der Waals surface area contributed by atoms with E-state index >= 15 is 0 Å². The van der Waals surface area contributed by atoms with Crippen LogP contribution < -0.4 is 4.90 Å². The number of carbonyl (C=O) groups excluding carboxylic acids is 1. The third-order valence-corrected chi connectivity index (χ3v) is 4.58. The lowest BCUT2D eigenvalue weighted by atomic mass is 10.1. The van der Waals surface area contributed by atoms with Crippen LogP contribution in [-0.2, 0) is 14.7 Å². The normalized spacial score (nSPS) is 14.5. The van der Waals surface area contributed by atoms with Crippen LogP contribution in [0, 0.1) is 6.57 Å². The molecule has 9 heteroatoms. The van der Waals surface area contributed by atoms with Gasteiger partial charge in [-0.2, -0.15) is 10.2 Å². The molecular formula is C23H22N6O3. The number of benzene rings is 2. The molecule has 2 aromatic rings. The predicted molar refractivity (Wildman–Crippen MR) is 122 cm³/mol. The van der Waals surface area contributed by atoms with Crippen molar-refractivity contribution in [3.05, 3.63) is 83.9 Å². The fourth-order valence-electron chi connectivity index (χ4n) is 2.95. The van der Waals surface area contributed by atoms with E-state index in [9.17, 15) is 4.79 Å². The van der Waals surface area contributed by atoms with Crippen molar-refractivity contribution in [2.24, 2.45) is 15.3 Å². The Balaban J connectivity index is 1.70. The second-order valence-corrected chi connectivity index (χ2v) is 6.49. The van der Waals surface area contributed by atoms with E-state index in [1.807, 2.05) is 24.3 Å². The largest absolute Gasteiger partial charge is 0.372 e. The van der Waals surface area contributed by atoms with E-state index in [1.165, 1.54) is 0 Å². The summed E-state index contributed by atoms with van der Waals surface area (Å²) in [5.74, 6) is -0.714. The first-order valence-corrected chi connectivity index (χ1v) is 9.93. The first-order valence-electron chi connectivity index (χ1n) is 9.93. The van der Waals surface area contributed by atoms with Gasteiger partial charge in [0.25, 0.3) is 0 Å². The van der Waals surface area contributed by atoms with Crippen molar-refractivity contribution in [3.8, 4) is 0 Å².